The van der Waals surface area contributed by atoms with Gasteiger partial charge in [-0.2, -0.15) is 0 Å². The van der Waals surface area contributed by atoms with Gasteiger partial charge in [0.15, 0.2) is 0 Å². The van der Waals surface area contributed by atoms with Gasteiger partial charge in [0.05, 0.1) is 11.1 Å². The summed E-state index contributed by atoms with van der Waals surface area (Å²) in [6, 6.07) is 5.82. The van der Waals surface area contributed by atoms with E-state index in [1.807, 2.05) is 0 Å². The third-order valence-electron chi connectivity index (χ3n) is 3.89. The average Bonchev–Trinajstić information content (AvgIpc) is 3.07. The number of aryl methyl sites for hydroxylation is 1. The normalized spacial score (nSPS) is 12.8. The monoisotopic (exact) mass is 332 g/mol. The van der Waals surface area contributed by atoms with Crippen molar-refractivity contribution >= 4 is 28.2 Å². The first-order valence-electron chi connectivity index (χ1n) is 7.41. The van der Waals surface area contributed by atoms with Crippen LogP contribution in [-0.4, -0.2) is 30.8 Å². The Morgan fingerprint density at radius 2 is 1.96 bits per heavy atom. The Labute approximate surface area is 137 Å². The second-order valence-electron chi connectivity index (χ2n) is 5.70. The van der Waals surface area contributed by atoms with Crippen LogP contribution < -0.4 is 5.32 Å². The lowest BCUT2D eigenvalue weighted by Crippen LogP contribution is -2.24. The number of nitrogens with one attached hydrogen (secondary N) is 1. The molecular weight excluding hydrogens is 315 g/mol. The van der Waals surface area contributed by atoms with Crippen molar-refractivity contribution in [3.05, 3.63) is 51.7 Å². The molecule has 1 heterocycles. The highest BCUT2D eigenvalue weighted by atomic mass is 32.1. The molecule has 2 amide bonds. The van der Waals surface area contributed by atoms with Crippen molar-refractivity contribution in [3.63, 3.8) is 0 Å². The molecule has 0 saturated heterocycles. The summed E-state index contributed by atoms with van der Waals surface area (Å²) in [4.78, 5) is 27.5. The summed E-state index contributed by atoms with van der Waals surface area (Å²) in [7, 11) is 3.37. The molecule has 6 heteroatoms. The third kappa shape index (κ3) is 2.86. The largest absolute Gasteiger partial charge is 0.345 e. The van der Waals surface area contributed by atoms with Gasteiger partial charge in [0.1, 0.15) is 10.8 Å². The molecule has 120 valence electrons. The summed E-state index contributed by atoms with van der Waals surface area (Å²) in [5.41, 5.74) is 1.55. The van der Waals surface area contributed by atoms with Crippen LogP contribution in [0.4, 0.5) is 9.39 Å². The molecule has 0 atom stereocenters. The van der Waals surface area contributed by atoms with Crippen LogP contribution in [0.15, 0.2) is 24.3 Å². The summed E-state index contributed by atoms with van der Waals surface area (Å²) in [5, 5.41) is 3.24. The molecule has 0 aliphatic heterocycles. The predicted molar refractivity (Wildman–Crippen MR) is 88.7 cm³/mol. The fraction of sp³-hybridized carbons (Fsp3) is 0.294. The van der Waals surface area contributed by atoms with Gasteiger partial charge >= 0.3 is 0 Å². The smallest absolute Gasteiger partial charge is 0.259 e. The summed E-state index contributed by atoms with van der Waals surface area (Å²) >= 11 is 1.42. The number of benzene rings is 1. The Balaban J connectivity index is 1.96. The summed E-state index contributed by atoms with van der Waals surface area (Å²) in [6.07, 6.45) is 2.79. The van der Waals surface area contributed by atoms with Crippen LogP contribution in [-0.2, 0) is 12.8 Å². The topological polar surface area (TPSA) is 49.4 Å². The van der Waals surface area contributed by atoms with Crippen LogP contribution in [0.2, 0.25) is 0 Å². The van der Waals surface area contributed by atoms with Crippen LogP contribution in [0, 0.1) is 5.82 Å². The molecule has 4 nitrogen and oxygen atoms in total. The standard InChI is InChI=1S/C17H17FN2O2S/c1-20(2)17(22)14-11-7-5-9-13(11)23-16(14)19-15(21)10-6-3-4-8-12(10)18/h3-4,6,8H,5,7,9H2,1-2H3,(H,19,21). The zero-order chi connectivity index (χ0) is 16.6. The molecule has 2 aromatic rings. The van der Waals surface area contributed by atoms with Crippen LogP contribution in [0.1, 0.15) is 37.6 Å². The maximum Gasteiger partial charge on any atom is 0.259 e. The van der Waals surface area contributed by atoms with E-state index < -0.39 is 11.7 Å². The number of thiophene rings is 1. The van der Waals surface area contributed by atoms with Crippen LogP contribution >= 0.6 is 11.3 Å². The molecule has 0 unspecified atom stereocenters. The Bertz CT molecular complexity index is 783. The molecule has 1 aliphatic carbocycles. The fourth-order valence-corrected chi connectivity index (χ4v) is 4.03. The summed E-state index contributed by atoms with van der Waals surface area (Å²) < 4.78 is 13.8. The molecule has 3 rings (SSSR count). The van der Waals surface area contributed by atoms with Crippen molar-refractivity contribution in [2.45, 2.75) is 19.3 Å². The Morgan fingerprint density at radius 3 is 2.65 bits per heavy atom. The second-order valence-corrected chi connectivity index (χ2v) is 6.80. The molecule has 1 aromatic carbocycles. The van der Waals surface area contributed by atoms with Gasteiger partial charge in [-0.3, -0.25) is 9.59 Å². The van der Waals surface area contributed by atoms with Crippen molar-refractivity contribution in [1.82, 2.24) is 4.90 Å². The van der Waals surface area contributed by atoms with Gasteiger partial charge in [0, 0.05) is 19.0 Å². The lowest BCUT2D eigenvalue weighted by atomic mass is 10.1. The number of anilines is 1. The van der Waals surface area contributed by atoms with E-state index in [0.29, 0.717) is 10.6 Å². The molecule has 0 spiro atoms. The zero-order valence-corrected chi connectivity index (χ0v) is 13.8. The van der Waals surface area contributed by atoms with Gasteiger partial charge in [0.2, 0.25) is 0 Å². The van der Waals surface area contributed by atoms with Crippen LogP contribution in [0.25, 0.3) is 0 Å². The van der Waals surface area contributed by atoms with Gasteiger partial charge in [-0.05, 0) is 37.0 Å². The summed E-state index contributed by atoms with van der Waals surface area (Å²) in [5.74, 6) is -1.24. The minimum absolute atomic E-state index is 0.0238. The maximum atomic E-state index is 13.8. The number of hydrogen-bond acceptors (Lipinski definition) is 3. The SMILES string of the molecule is CN(C)C(=O)c1c(NC(=O)c2ccccc2F)sc2c1CCC2. The van der Waals surface area contributed by atoms with Gasteiger partial charge < -0.3 is 10.2 Å². The molecule has 1 aliphatic rings. The number of hydrogen-bond donors (Lipinski definition) is 1. The lowest BCUT2D eigenvalue weighted by Gasteiger charge is -2.13. The van der Waals surface area contributed by atoms with Crippen molar-refractivity contribution < 1.29 is 14.0 Å². The molecular formula is C17H17FN2O2S. The number of amides is 2. The lowest BCUT2D eigenvalue weighted by molar-refractivity contribution is 0.0828. The summed E-state index contributed by atoms with van der Waals surface area (Å²) in [6.45, 7) is 0. The first-order valence-corrected chi connectivity index (χ1v) is 8.22. The molecule has 0 radical (unpaired) electrons. The number of carbonyl (C=O) groups is 2. The Morgan fingerprint density at radius 1 is 1.22 bits per heavy atom. The van der Waals surface area contributed by atoms with E-state index in [9.17, 15) is 14.0 Å². The first-order chi connectivity index (χ1) is 11.0. The quantitative estimate of drug-likeness (QED) is 0.937. The van der Waals surface area contributed by atoms with Crippen LogP contribution in [0.3, 0.4) is 0 Å². The highest BCUT2D eigenvalue weighted by Crippen LogP contribution is 2.39. The van der Waals surface area contributed by atoms with Crippen molar-refractivity contribution in [2.24, 2.45) is 0 Å². The number of nitrogens with zero attached hydrogens (tertiary/aromatic N) is 1. The van der Waals surface area contributed by atoms with Gasteiger partial charge in [-0.1, -0.05) is 12.1 Å². The van der Waals surface area contributed by atoms with Crippen molar-refractivity contribution in [2.75, 3.05) is 19.4 Å². The van der Waals surface area contributed by atoms with Gasteiger partial charge in [0.25, 0.3) is 11.8 Å². The Kier molecular flexibility index (Phi) is 4.17. The van der Waals surface area contributed by atoms with Gasteiger partial charge in [-0.15, -0.1) is 11.3 Å². The molecule has 1 aromatic heterocycles. The molecule has 0 fully saturated rings. The van der Waals surface area contributed by atoms with E-state index in [4.69, 9.17) is 0 Å². The van der Waals surface area contributed by atoms with Gasteiger partial charge in [-0.25, -0.2) is 4.39 Å². The third-order valence-corrected chi connectivity index (χ3v) is 5.09. The maximum absolute atomic E-state index is 13.8. The van der Waals surface area contributed by atoms with E-state index in [-0.39, 0.29) is 11.5 Å². The van der Waals surface area contributed by atoms with E-state index in [2.05, 4.69) is 5.32 Å². The highest BCUT2D eigenvalue weighted by Gasteiger charge is 2.28. The fourth-order valence-electron chi connectivity index (χ4n) is 2.76. The number of rotatable bonds is 3. The van der Waals surface area contributed by atoms with E-state index in [0.717, 1.165) is 29.7 Å². The number of halogens is 1. The minimum Gasteiger partial charge on any atom is -0.345 e. The molecule has 0 bridgehead atoms. The van der Waals surface area contributed by atoms with Crippen molar-refractivity contribution in [3.8, 4) is 0 Å². The van der Waals surface area contributed by atoms with E-state index >= 15 is 0 Å². The predicted octanol–water partition coefficient (Wildman–Crippen LogP) is 3.33. The first kappa shape index (κ1) is 15.7. The zero-order valence-electron chi connectivity index (χ0n) is 13.0. The minimum atomic E-state index is -0.574. The van der Waals surface area contributed by atoms with E-state index in [1.54, 1.807) is 20.2 Å². The number of fused-ring (bicyclic) bond motifs is 1. The second kappa shape index (κ2) is 6.12. The molecule has 0 saturated carbocycles. The van der Waals surface area contributed by atoms with Crippen molar-refractivity contribution in [1.29, 1.82) is 0 Å². The van der Waals surface area contributed by atoms with E-state index in [1.165, 1.54) is 34.4 Å². The highest BCUT2D eigenvalue weighted by molar-refractivity contribution is 7.17. The molecule has 1 N–H and O–H groups in total. The average molecular weight is 332 g/mol. The Hall–Kier alpha value is -2.21. The number of carbonyl (C=O) groups excluding carboxylic acids is 2. The van der Waals surface area contributed by atoms with Crippen LogP contribution in [0.5, 0.6) is 0 Å². The molecule has 23 heavy (non-hydrogen) atoms.